The maximum atomic E-state index is 11.1. The maximum absolute atomic E-state index is 11.1. The highest BCUT2D eigenvalue weighted by atomic mass is 16.1. The summed E-state index contributed by atoms with van der Waals surface area (Å²) < 4.78 is 0. The first-order chi connectivity index (χ1) is 8.20. The molecule has 0 aliphatic rings. The summed E-state index contributed by atoms with van der Waals surface area (Å²) in [7, 11) is 1.87. The lowest BCUT2D eigenvalue weighted by molar-refractivity contribution is 0.100. The van der Waals surface area contributed by atoms with Crippen LogP contribution in [0.3, 0.4) is 0 Å². The van der Waals surface area contributed by atoms with Crippen molar-refractivity contribution in [2.45, 2.75) is 0 Å². The monoisotopic (exact) mass is 226 g/mol. The Labute approximate surface area is 100 Å². The third-order valence-electron chi connectivity index (χ3n) is 2.63. The predicted molar refractivity (Wildman–Crippen MR) is 69.9 cm³/mol. The van der Waals surface area contributed by atoms with E-state index in [1.165, 1.54) is 0 Å². The van der Waals surface area contributed by atoms with Crippen LogP contribution >= 0.6 is 0 Å². The number of hydrogen-bond donors (Lipinski definition) is 2. The molecule has 2 rings (SSSR count). The minimum Gasteiger partial charge on any atom is -0.388 e. The minimum absolute atomic E-state index is 0.406. The van der Waals surface area contributed by atoms with Crippen molar-refractivity contribution in [2.24, 2.45) is 5.73 Å². The number of benzene rings is 2. The van der Waals surface area contributed by atoms with Gasteiger partial charge in [0.15, 0.2) is 0 Å². The quantitative estimate of drug-likeness (QED) is 0.844. The molecule has 0 radical (unpaired) electrons. The molecule has 0 heterocycles. The van der Waals surface area contributed by atoms with Crippen LogP contribution in [-0.4, -0.2) is 13.0 Å². The number of nitrogens with two attached hydrogens (primary N) is 1. The molecule has 86 valence electrons. The molecule has 1 amide bonds. The van der Waals surface area contributed by atoms with Crippen molar-refractivity contribution in [3.8, 4) is 11.1 Å². The van der Waals surface area contributed by atoms with E-state index in [1.54, 1.807) is 12.1 Å². The summed E-state index contributed by atoms with van der Waals surface area (Å²) in [6.45, 7) is 0. The van der Waals surface area contributed by atoms with Crippen molar-refractivity contribution >= 4 is 11.6 Å². The second-order valence-electron chi connectivity index (χ2n) is 3.78. The molecule has 17 heavy (non-hydrogen) atoms. The van der Waals surface area contributed by atoms with Gasteiger partial charge < -0.3 is 11.1 Å². The molecular weight excluding hydrogens is 212 g/mol. The predicted octanol–water partition coefficient (Wildman–Crippen LogP) is 2.49. The van der Waals surface area contributed by atoms with Gasteiger partial charge >= 0.3 is 0 Å². The smallest absolute Gasteiger partial charge is 0.248 e. The largest absolute Gasteiger partial charge is 0.388 e. The van der Waals surface area contributed by atoms with Gasteiger partial charge in [-0.25, -0.2) is 0 Å². The van der Waals surface area contributed by atoms with Crippen LogP contribution in [0.4, 0.5) is 5.69 Å². The van der Waals surface area contributed by atoms with Gasteiger partial charge in [-0.2, -0.15) is 0 Å². The number of primary amides is 1. The van der Waals surface area contributed by atoms with E-state index in [0.29, 0.717) is 5.56 Å². The third kappa shape index (κ3) is 2.45. The Morgan fingerprint density at radius 3 is 2.35 bits per heavy atom. The van der Waals surface area contributed by atoms with Gasteiger partial charge in [-0.05, 0) is 35.4 Å². The molecular formula is C14H14N2O. The van der Waals surface area contributed by atoms with Gasteiger partial charge in [0.1, 0.15) is 0 Å². The molecule has 0 saturated heterocycles. The van der Waals surface area contributed by atoms with E-state index in [-0.39, 0.29) is 0 Å². The van der Waals surface area contributed by atoms with Crippen LogP contribution in [0, 0.1) is 0 Å². The molecule has 0 aromatic heterocycles. The lowest BCUT2D eigenvalue weighted by atomic mass is 10.0. The molecule has 0 fully saturated rings. The number of nitrogens with one attached hydrogen (secondary N) is 1. The summed E-state index contributed by atoms with van der Waals surface area (Å²) in [4.78, 5) is 11.1. The standard InChI is InChI=1S/C14H14N2O/c1-16-13-7-3-5-11(9-13)10-4-2-6-12(8-10)14(15)17/h2-9,16H,1H3,(H2,15,17). The number of rotatable bonds is 3. The highest BCUT2D eigenvalue weighted by Crippen LogP contribution is 2.23. The van der Waals surface area contributed by atoms with Gasteiger partial charge in [0.2, 0.25) is 5.91 Å². The van der Waals surface area contributed by atoms with Crippen molar-refractivity contribution in [3.05, 3.63) is 54.1 Å². The van der Waals surface area contributed by atoms with Crippen LogP contribution in [0.2, 0.25) is 0 Å². The number of anilines is 1. The maximum Gasteiger partial charge on any atom is 0.248 e. The Hall–Kier alpha value is -2.29. The van der Waals surface area contributed by atoms with Crippen molar-refractivity contribution in [3.63, 3.8) is 0 Å². The molecule has 0 bridgehead atoms. The topological polar surface area (TPSA) is 55.1 Å². The molecule has 0 aliphatic carbocycles. The highest BCUT2D eigenvalue weighted by Gasteiger charge is 2.03. The fourth-order valence-electron chi connectivity index (χ4n) is 1.71. The molecule has 0 spiro atoms. The Kier molecular flexibility index (Phi) is 3.10. The zero-order chi connectivity index (χ0) is 12.3. The fraction of sp³-hybridized carbons (Fsp3) is 0.0714. The van der Waals surface area contributed by atoms with Crippen LogP contribution < -0.4 is 11.1 Å². The summed E-state index contributed by atoms with van der Waals surface area (Å²) in [5, 5.41) is 3.08. The SMILES string of the molecule is CNc1cccc(-c2cccc(C(N)=O)c2)c1. The number of amides is 1. The van der Waals surface area contributed by atoms with E-state index in [9.17, 15) is 4.79 Å². The van der Waals surface area contributed by atoms with Crippen LogP contribution in [0.15, 0.2) is 48.5 Å². The first-order valence-electron chi connectivity index (χ1n) is 5.39. The third-order valence-corrected chi connectivity index (χ3v) is 2.63. The van der Waals surface area contributed by atoms with E-state index >= 15 is 0 Å². The van der Waals surface area contributed by atoms with E-state index < -0.39 is 5.91 Å². The summed E-state index contributed by atoms with van der Waals surface area (Å²) in [6.07, 6.45) is 0. The van der Waals surface area contributed by atoms with Crippen molar-refractivity contribution in [2.75, 3.05) is 12.4 Å². The second kappa shape index (κ2) is 4.70. The first kappa shape index (κ1) is 11.2. The summed E-state index contributed by atoms with van der Waals surface area (Å²) in [5.74, 6) is -0.406. The van der Waals surface area contributed by atoms with E-state index in [0.717, 1.165) is 16.8 Å². The molecule has 3 heteroatoms. The van der Waals surface area contributed by atoms with Gasteiger partial charge in [0.25, 0.3) is 0 Å². The van der Waals surface area contributed by atoms with E-state index in [1.807, 2.05) is 43.4 Å². The highest BCUT2D eigenvalue weighted by molar-refractivity contribution is 5.94. The van der Waals surface area contributed by atoms with Gasteiger partial charge in [-0.15, -0.1) is 0 Å². The Bertz CT molecular complexity index is 549. The van der Waals surface area contributed by atoms with Crippen molar-refractivity contribution in [1.82, 2.24) is 0 Å². The average molecular weight is 226 g/mol. The molecule has 0 saturated carbocycles. The van der Waals surface area contributed by atoms with Crippen molar-refractivity contribution in [1.29, 1.82) is 0 Å². The number of carbonyl (C=O) groups excluding carboxylic acids is 1. The minimum atomic E-state index is -0.406. The van der Waals surface area contributed by atoms with E-state index in [4.69, 9.17) is 5.73 Å². The first-order valence-corrected chi connectivity index (χ1v) is 5.39. The Morgan fingerprint density at radius 1 is 1.06 bits per heavy atom. The summed E-state index contributed by atoms with van der Waals surface area (Å²) >= 11 is 0. The fourth-order valence-corrected chi connectivity index (χ4v) is 1.71. The van der Waals surface area contributed by atoms with Crippen LogP contribution in [-0.2, 0) is 0 Å². The molecule has 3 N–H and O–H groups in total. The summed E-state index contributed by atoms with van der Waals surface area (Å²) in [5.41, 5.74) is 8.87. The normalized spacial score (nSPS) is 9.94. The molecule has 3 nitrogen and oxygen atoms in total. The van der Waals surface area contributed by atoms with Gasteiger partial charge in [0.05, 0.1) is 0 Å². The van der Waals surface area contributed by atoms with Gasteiger partial charge in [-0.3, -0.25) is 4.79 Å². The zero-order valence-electron chi connectivity index (χ0n) is 9.60. The molecule has 2 aromatic rings. The zero-order valence-corrected chi connectivity index (χ0v) is 9.60. The number of carbonyl (C=O) groups is 1. The van der Waals surface area contributed by atoms with Crippen LogP contribution in [0.25, 0.3) is 11.1 Å². The average Bonchev–Trinajstić information content (AvgIpc) is 2.39. The summed E-state index contributed by atoms with van der Waals surface area (Å²) in [6, 6.07) is 15.3. The Balaban J connectivity index is 2.45. The molecule has 2 aromatic carbocycles. The lowest BCUT2D eigenvalue weighted by Crippen LogP contribution is -2.10. The van der Waals surface area contributed by atoms with Crippen LogP contribution in [0.1, 0.15) is 10.4 Å². The second-order valence-corrected chi connectivity index (χ2v) is 3.78. The number of hydrogen-bond acceptors (Lipinski definition) is 2. The van der Waals surface area contributed by atoms with Gasteiger partial charge in [-0.1, -0.05) is 24.3 Å². The molecule has 0 aliphatic heterocycles. The van der Waals surface area contributed by atoms with E-state index in [2.05, 4.69) is 5.32 Å². The Morgan fingerprint density at radius 2 is 1.71 bits per heavy atom. The van der Waals surface area contributed by atoms with Crippen LogP contribution in [0.5, 0.6) is 0 Å². The van der Waals surface area contributed by atoms with Gasteiger partial charge in [0, 0.05) is 18.3 Å². The van der Waals surface area contributed by atoms with Crippen molar-refractivity contribution < 1.29 is 4.79 Å². The molecule has 0 atom stereocenters. The lowest BCUT2D eigenvalue weighted by Gasteiger charge is -2.06. The molecule has 0 unspecified atom stereocenters.